The van der Waals surface area contributed by atoms with E-state index in [0.29, 0.717) is 12.8 Å². The summed E-state index contributed by atoms with van der Waals surface area (Å²) >= 11 is 0. The Balaban J connectivity index is 1.55. The smallest absolute Gasteiger partial charge is 0.246 e. The van der Waals surface area contributed by atoms with Crippen LogP contribution < -0.4 is 16.4 Å². The molecule has 3 amide bonds. The molecule has 0 aromatic heterocycles. The molecular weight excluding hydrogens is 416 g/mol. The molecule has 0 saturated carbocycles. The van der Waals surface area contributed by atoms with Crippen LogP contribution in [0.5, 0.6) is 0 Å². The standard InChI is InChI=1S/C26H32N4O3/c1-17(27)24(31)28-21-14-8-13-20-15-16-22(30(20)26(21)33)25(32)29-23(18-9-4-2-5-10-18)19-11-6-3-7-12-19/h2-7,9-12,17,20-23H,8,13-16,27H2,1H3,(H,28,31)(H,29,32). The van der Waals surface area contributed by atoms with Crippen LogP contribution in [-0.2, 0) is 14.4 Å². The van der Waals surface area contributed by atoms with Gasteiger partial charge < -0.3 is 21.3 Å². The van der Waals surface area contributed by atoms with Gasteiger partial charge in [0, 0.05) is 6.04 Å². The number of carbonyl (C=O) groups is 3. The normalized spacial score (nSPS) is 23.5. The van der Waals surface area contributed by atoms with Crippen LogP contribution in [0.15, 0.2) is 60.7 Å². The first-order valence-electron chi connectivity index (χ1n) is 11.7. The molecule has 2 heterocycles. The maximum absolute atomic E-state index is 13.5. The summed E-state index contributed by atoms with van der Waals surface area (Å²) < 4.78 is 0. The molecule has 2 aliphatic rings. The van der Waals surface area contributed by atoms with Crippen molar-refractivity contribution in [3.63, 3.8) is 0 Å². The van der Waals surface area contributed by atoms with Crippen LogP contribution in [0, 0.1) is 0 Å². The van der Waals surface area contributed by atoms with Crippen molar-refractivity contribution < 1.29 is 14.4 Å². The van der Waals surface area contributed by atoms with Gasteiger partial charge in [-0.1, -0.05) is 60.7 Å². The third kappa shape index (κ3) is 5.09. The van der Waals surface area contributed by atoms with Crippen LogP contribution in [0.4, 0.5) is 0 Å². The Morgan fingerprint density at radius 3 is 2.12 bits per heavy atom. The summed E-state index contributed by atoms with van der Waals surface area (Å²) in [7, 11) is 0. The summed E-state index contributed by atoms with van der Waals surface area (Å²) in [5.74, 6) is -0.692. The van der Waals surface area contributed by atoms with E-state index in [9.17, 15) is 14.4 Å². The van der Waals surface area contributed by atoms with Crippen molar-refractivity contribution in [1.82, 2.24) is 15.5 Å². The van der Waals surface area contributed by atoms with Crippen molar-refractivity contribution in [2.75, 3.05) is 0 Å². The molecule has 174 valence electrons. The Bertz CT molecular complexity index is 940. The number of carbonyl (C=O) groups excluding carboxylic acids is 3. The van der Waals surface area contributed by atoms with Gasteiger partial charge in [0.1, 0.15) is 12.1 Å². The highest BCUT2D eigenvalue weighted by Gasteiger charge is 2.45. The zero-order valence-electron chi connectivity index (χ0n) is 18.9. The van der Waals surface area contributed by atoms with E-state index in [1.807, 2.05) is 60.7 Å². The number of amides is 3. The average molecular weight is 449 g/mol. The van der Waals surface area contributed by atoms with E-state index in [4.69, 9.17) is 5.73 Å². The summed E-state index contributed by atoms with van der Waals surface area (Å²) in [5, 5.41) is 5.99. The first-order chi connectivity index (χ1) is 16.0. The van der Waals surface area contributed by atoms with E-state index >= 15 is 0 Å². The van der Waals surface area contributed by atoms with Gasteiger partial charge in [0.05, 0.1) is 12.1 Å². The molecule has 4 unspecified atom stereocenters. The summed E-state index contributed by atoms with van der Waals surface area (Å²) in [4.78, 5) is 40.8. The van der Waals surface area contributed by atoms with Crippen LogP contribution in [0.25, 0.3) is 0 Å². The molecule has 33 heavy (non-hydrogen) atoms. The zero-order chi connectivity index (χ0) is 23.4. The molecule has 2 fully saturated rings. The van der Waals surface area contributed by atoms with Gasteiger partial charge in [0.25, 0.3) is 0 Å². The topological polar surface area (TPSA) is 105 Å². The molecule has 0 bridgehead atoms. The van der Waals surface area contributed by atoms with Crippen LogP contribution in [0.2, 0.25) is 0 Å². The lowest BCUT2D eigenvalue weighted by Gasteiger charge is -2.32. The third-order valence-corrected chi connectivity index (χ3v) is 6.67. The fourth-order valence-electron chi connectivity index (χ4n) is 4.94. The second-order valence-electron chi connectivity index (χ2n) is 9.04. The Labute approximate surface area is 194 Å². The average Bonchev–Trinajstić information content (AvgIpc) is 3.19. The van der Waals surface area contributed by atoms with E-state index in [-0.39, 0.29) is 29.8 Å². The molecule has 7 nitrogen and oxygen atoms in total. The first-order valence-corrected chi connectivity index (χ1v) is 11.7. The minimum absolute atomic E-state index is 0.0253. The summed E-state index contributed by atoms with van der Waals surface area (Å²) in [6.07, 6.45) is 3.63. The largest absolute Gasteiger partial charge is 0.343 e. The summed E-state index contributed by atoms with van der Waals surface area (Å²) in [6.45, 7) is 1.60. The van der Waals surface area contributed by atoms with Crippen molar-refractivity contribution in [3.8, 4) is 0 Å². The van der Waals surface area contributed by atoms with Crippen LogP contribution in [-0.4, -0.2) is 46.8 Å². The Hall–Kier alpha value is -3.19. The summed E-state index contributed by atoms with van der Waals surface area (Å²) in [5.41, 5.74) is 7.65. The van der Waals surface area contributed by atoms with Crippen molar-refractivity contribution in [3.05, 3.63) is 71.8 Å². The van der Waals surface area contributed by atoms with E-state index in [1.54, 1.807) is 11.8 Å². The highest BCUT2D eigenvalue weighted by atomic mass is 16.2. The summed E-state index contributed by atoms with van der Waals surface area (Å²) in [6, 6.07) is 17.5. The van der Waals surface area contributed by atoms with Crippen molar-refractivity contribution in [2.24, 2.45) is 5.73 Å². The van der Waals surface area contributed by atoms with E-state index in [1.165, 1.54) is 0 Å². The lowest BCUT2D eigenvalue weighted by atomic mass is 9.98. The van der Waals surface area contributed by atoms with Crippen molar-refractivity contribution in [2.45, 2.75) is 69.2 Å². The fraction of sp³-hybridized carbons (Fsp3) is 0.423. The van der Waals surface area contributed by atoms with Gasteiger partial charge >= 0.3 is 0 Å². The number of nitrogens with one attached hydrogen (secondary N) is 2. The van der Waals surface area contributed by atoms with Gasteiger partial charge in [-0.15, -0.1) is 0 Å². The van der Waals surface area contributed by atoms with Gasteiger partial charge in [0.15, 0.2) is 0 Å². The highest BCUT2D eigenvalue weighted by molar-refractivity contribution is 5.94. The predicted octanol–water partition coefficient (Wildman–Crippen LogP) is 2.27. The molecule has 4 rings (SSSR count). The Kier molecular flexibility index (Phi) is 7.08. The van der Waals surface area contributed by atoms with Crippen molar-refractivity contribution in [1.29, 1.82) is 0 Å². The van der Waals surface area contributed by atoms with E-state index in [2.05, 4.69) is 10.6 Å². The van der Waals surface area contributed by atoms with Crippen LogP contribution in [0.1, 0.15) is 56.2 Å². The molecule has 2 aromatic rings. The number of rotatable bonds is 6. The second-order valence-corrected chi connectivity index (χ2v) is 9.04. The molecule has 4 N–H and O–H groups in total. The lowest BCUT2D eigenvalue weighted by Crippen LogP contribution is -2.56. The lowest BCUT2D eigenvalue weighted by molar-refractivity contribution is -0.143. The van der Waals surface area contributed by atoms with Gasteiger partial charge in [0.2, 0.25) is 17.7 Å². The second kappa shape index (κ2) is 10.2. The first kappa shape index (κ1) is 23.0. The zero-order valence-corrected chi connectivity index (χ0v) is 18.9. The molecule has 2 saturated heterocycles. The molecule has 2 aromatic carbocycles. The van der Waals surface area contributed by atoms with Crippen LogP contribution in [0.3, 0.4) is 0 Å². The molecule has 0 aliphatic carbocycles. The SMILES string of the molecule is CC(N)C(=O)NC1CCCC2CCC(C(=O)NC(c3ccccc3)c3ccccc3)N2C1=O. The maximum Gasteiger partial charge on any atom is 0.246 e. The minimum Gasteiger partial charge on any atom is -0.343 e. The number of fused-ring (bicyclic) bond motifs is 1. The number of hydrogen-bond donors (Lipinski definition) is 3. The van der Waals surface area contributed by atoms with Gasteiger partial charge in [-0.2, -0.15) is 0 Å². The number of hydrogen-bond acceptors (Lipinski definition) is 4. The van der Waals surface area contributed by atoms with E-state index < -0.39 is 18.1 Å². The Morgan fingerprint density at radius 1 is 0.939 bits per heavy atom. The van der Waals surface area contributed by atoms with Gasteiger partial charge in [-0.05, 0) is 50.2 Å². The van der Waals surface area contributed by atoms with Gasteiger partial charge in [-0.25, -0.2) is 0 Å². The Morgan fingerprint density at radius 2 is 1.55 bits per heavy atom. The monoisotopic (exact) mass is 448 g/mol. The van der Waals surface area contributed by atoms with E-state index in [0.717, 1.165) is 30.4 Å². The van der Waals surface area contributed by atoms with Gasteiger partial charge in [-0.3, -0.25) is 14.4 Å². The third-order valence-electron chi connectivity index (χ3n) is 6.67. The molecule has 7 heteroatoms. The minimum atomic E-state index is -0.688. The van der Waals surface area contributed by atoms with Crippen molar-refractivity contribution >= 4 is 17.7 Å². The predicted molar refractivity (Wildman–Crippen MR) is 126 cm³/mol. The fourth-order valence-corrected chi connectivity index (χ4v) is 4.94. The molecule has 2 aliphatic heterocycles. The molecule has 4 atom stereocenters. The number of nitrogens with zero attached hydrogens (tertiary/aromatic N) is 1. The highest BCUT2D eigenvalue weighted by Crippen LogP contribution is 2.33. The molecule has 0 spiro atoms. The number of benzene rings is 2. The molecular formula is C26H32N4O3. The molecule has 0 radical (unpaired) electrons. The van der Waals surface area contributed by atoms with Crippen LogP contribution >= 0.6 is 0 Å². The maximum atomic E-state index is 13.5. The quantitative estimate of drug-likeness (QED) is 0.631. The number of nitrogens with two attached hydrogens (primary N) is 1.